The molecule has 20 heavy (non-hydrogen) atoms. The number of anilines is 1. The van der Waals surface area contributed by atoms with Crippen molar-refractivity contribution in [3.05, 3.63) is 47.4 Å². The van der Waals surface area contributed by atoms with Crippen LogP contribution in [0.25, 0.3) is 0 Å². The number of thioether (sulfide) groups is 1. The minimum Gasteiger partial charge on any atom is -0.325 e. The summed E-state index contributed by atoms with van der Waals surface area (Å²) >= 11 is 1.41. The van der Waals surface area contributed by atoms with E-state index in [1.54, 1.807) is 0 Å². The van der Waals surface area contributed by atoms with Crippen LogP contribution in [0, 0.1) is 20.8 Å². The van der Waals surface area contributed by atoms with E-state index in [1.807, 2.05) is 45.0 Å². The van der Waals surface area contributed by atoms with Crippen molar-refractivity contribution in [2.24, 2.45) is 0 Å². The summed E-state index contributed by atoms with van der Waals surface area (Å²) in [5.41, 5.74) is 4.12. The molecule has 2 aromatic rings. The SMILES string of the molecule is Cc1cc(SCC(=O)Nc2ccc(C)c(C)c2)ncn1. The van der Waals surface area contributed by atoms with Crippen LogP contribution >= 0.6 is 11.8 Å². The van der Waals surface area contributed by atoms with Gasteiger partial charge in [0.1, 0.15) is 11.4 Å². The molecule has 1 N–H and O–H groups in total. The fourth-order valence-electron chi connectivity index (χ4n) is 1.66. The molecule has 0 fully saturated rings. The molecule has 0 bridgehead atoms. The molecular formula is C15H17N3OS. The standard InChI is InChI=1S/C15H17N3OS/c1-10-4-5-13(6-11(10)2)18-14(19)8-20-15-7-12(3)16-9-17-15/h4-7,9H,8H2,1-3H3,(H,18,19). The van der Waals surface area contributed by atoms with Crippen LogP contribution in [0.5, 0.6) is 0 Å². The Morgan fingerprint density at radius 1 is 1.15 bits per heavy atom. The van der Waals surface area contributed by atoms with Crippen molar-refractivity contribution in [2.75, 3.05) is 11.1 Å². The van der Waals surface area contributed by atoms with E-state index >= 15 is 0 Å². The number of hydrogen-bond donors (Lipinski definition) is 1. The molecule has 0 spiro atoms. The zero-order valence-electron chi connectivity index (χ0n) is 11.8. The lowest BCUT2D eigenvalue weighted by molar-refractivity contribution is -0.113. The molecule has 1 amide bonds. The maximum Gasteiger partial charge on any atom is 0.234 e. The Hall–Kier alpha value is -1.88. The average molecular weight is 287 g/mol. The van der Waals surface area contributed by atoms with Gasteiger partial charge in [0.05, 0.1) is 5.75 Å². The predicted octanol–water partition coefficient (Wildman–Crippen LogP) is 3.13. The Bertz CT molecular complexity index is 628. The van der Waals surface area contributed by atoms with Crippen molar-refractivity contribution < 1.29 is 4.79 Å². The third-order valence-electron chi connectivity index (χ3n) is 2.92. The number of nitrogens with one attached hydrogen (secondary N) is 1. The summed E-state index contributed by atoms with van der Waals surface area (Å²) in [6.07, 6.45) is 1.51. The molecule has 0 aliphatic carbocycles. The highest BCUT2D eigenvalue weighted by atomic mass is 32.2. The molecule has 1 heterocycles. The quantitative estimate of drug-likeness (QED) is 0.693. The van der Waals surface area contributed by atoms with Gasteiger partial charge in [-0.1, -0.05) is 17.8 Å². The Morgan fingerprint density at radius 2 is 1.95 bits per heavy atom. The number of carbonyl (C=O) groups excluding carboxylic acids is 1. The highest BCUT2D eigenvalue weighted by Gasteiger charge is 2.05. The van der Waals surface area contributed by atoms with Crippen LogP contribution < -0.4 is 5.32 Å². The molecule has 104 valence electrons. The summed E-state index contributed by atoms with van der Waals surface area (Å²) in [6.45, 7) is 5.98. The Balaban J connectivity index is 1.91. The van der Waals surface area contributed by atoms with E-state index in [-0.39, 0.29) is 5.91 Å². The minimum atomic E-state index is -0.0329. The Labute approximate surface area is 123 Å². The maximum atomic E-state index is 11.9. The fourth-order valence-corrected chi connectivity index (χ4v) is 2.39. The van der Waals surface area contributed by atoms with Crippen LogP contribution in [0.4, 0.5) is 5.69 Å². The highest BCUT2D eigenvalue weighted by molar-refractivity contribution is 7.99. The monoisotopic (exact) mass is 287 g/mol. The first-order valence-corrected chi connectivity index (χ1v) is 7.32. The van der Waals surface area contributed by atoms with E-state index in [0.717, 1.165) is 16.4 Å². The normalized spacial score (nSPS) is 10.3. The number of carbonyl (C=O) groups is 1. The molecule has 1 aromatic heterocycles. The van der Waals surface area contributed by atoms with Gasteiger partial charge >= 0.3 is 0 Å². The second-order valence-corrected chi connectivity index (χ2v) is 5.63. The molecule has 0 saturated heterocycles. The van der Waals surface area contributed by atoms with Crippen molar-refractivity contribution in [3.8, 4) is 0 Å². The molecule has 0 aliphatic rings. The first-order chi connectivity index (χ1) is 9.54. The van der Waals surface area contributed by atoms with Crippen LogP contribution in [0.15, 0.2) is 35.6 Å². The topological polar surface area (TPSA) is 54.9 Å². The predicted molar refractivity (Wildman–Crippen MR) is 82.0 cm³/mol. The van der Waals surface area contributed by atoms with Gasteiger partial charge < -0.3 is 5.32 Å². The largest absolute Gasteiger partial charge is 0.325 e. The van der Waals surface area contributed by atoms with Crippen LogP contribution in [0.3, 0.4) is 0 Å². The van der Waals surface area contributed by atoms with Gasteiger partial charge in [0.15, 0.2) is 0 Å². The minimum absolute atomic E-state index is 0.0329. The van der Waals surface area contributed by atoms with Gasteiger partial charge in [-0.05, 0) is 50.1 Å². The van der Waals surface area contributed by atoms with Crippen LogP contribution in [0.1, 0.15) is 16.8 Å². The summed E-state index contributed by atoms with van der Waals surface area (Å²) in [4.78, 5) is 20.0. The zero-order chi connectivity index (χ0) is 14.5. The molecule has 2 rings (SSSR count). The molecule has 5 heteroatoms. The third-order valence-corrected chi connectivity index (χ3v) is 3.85. The molecule has 0 saturated carbocycles. The van der Waals surface area contributed by atoms with E-state index in [0.29, 0.717) is 5.75 Å². The number of benzene rings is 1. The fraction of sp³-hybridized carbons (Fsp3) is 0.267. The molecule has 0 atom stereocenters. The lowest BCUT2D eigenvalue weighted by Gasteiger charge is -2.07. The number of rotatable bonds is 4. The van der Waals surface area contributed by atoms with Gasteiger partial charge in [-0.25, -0.2) is 9.97 Å². The molecule has 0 aliphatic heterocycles. The van der Waals surface area contributed by atoms with Crippen LogP contribution in [-0.4, -0.2) is 21.6 Å². The summed E-state index contributed by atoms with van der Waals surface area (Å²) in [6, 6.07) is 7.77. The molecule has 0 radical (unpaired) electrons. The van der Waals surface area contributed by atoms with Crippen LogP contribution in [-0.2, 0) is 4.79 Å². The molecule has 0 unspecified atom stereocenters. The summed E-state index contributed by atoms with van der Waals surface area (Å²) in [5.74, 6) is 0.304. The van der Waals surface area contributed by atoms with E-state index in [4.69, 9.17) is 0 Å². The first-order valence-electron chi connectivity index (χ1n) is 6.33. The number of aromatic nitrogens is 2. The highest BCUT2D eigenvalue weighted by Crippen LogP contribution is 2.17. The Morgan fingerprint density at radius 3 is 2.65 bits per heavy atom. The van der Waals surface area contributed by atoms with Gasteiger partial charge in [-0.3, -0.25) is 4.79 Å². The maximum absolute atomic E-state index is 11.9. The summed E-state index contributed by atoms with van der Waals surface area (Å²) in [7, 11) is 0. The number of hydrogen-bond acceptors (Lipinski definition) is 4. The lowest BCUT2D eigenvalue weighted by Crippen LogP contribution is -2.14. The second-order valence-electron chi connectivity index (χ2n) is 4.63. The first kappa shape index (κ1) is 14.5. The van der Waals surface area contributed by atoms with Crippen LogP contribution in [0.2, 0.25) is 0 Å². The third kappa shape index (κ3) is 4.06. The lowest BCUT2D eigenvalue weighted by atomic mass is 10.1. The average Bonchev–Trinajstić information content (AvgIpc) is 2.41. The van der Waals surface area contributed by atoms with Gasteiger partial charge in [0.2, 0.25) is 5.91 Å². The smallest absolute Gasteiger partial charge is 0.234 e. The number of amides is 1. The van der Waals surface area contributed by atoms with E-state index in [2.05, 4.69) is 15.3 Å². The molecular weight excluding hydrogens is 270 g/mol. The van der Waals surface area contributed by atoms with Gasteiger partial charge in [0, 0.05) is 11.4 Å². The van der Waals surface area contributed by atoms with Gasteiger partial charge in [-0.2, -0.15) is 0 Å². The zero-order valence-corrected chi connectivity index (χ0v) is 12.6. The summed E-state index contributed by atoms with van der Waals surface area (Å²) < 4.78 is 0. The van der Waals surface area contributed by atoms with Crippen molar-refractivity contribution >= 4 is 23.4 Å². The number of aryl methyl sites for hydroxylation is 3. The van der Waals surface area contributed by atoms with Gasteiger partial charge in [-0.15, -0.1) is 0 Å². The van der Waals surface area contributed by atoms with Crippen molar-refractivity contribution in [2.45, 2.75) is 25.8 Å². The van der Waals surface area contributed by atoms with E-state index in [1.165, 1.54) is 29.2 Å². The van der Waals surface area contributed by atoms with Crippen molar-refractivity contribution in [1.82, 2.24) is 9.97 Å². The molecule has 4 nitrogen and oxygen atoms in total. The summed E-state index contributed by atoms with van der Waals surface area (Å²) in [5, 5.41) is 3.70. The van der Waals surface area contributed by atoms with E-state index < -0.39 is 0 Å². The van der Waals surface area contributed by atoms with Crippen molar-refractivity contribution in [1.29, 1.82) is 0 Å². The van der Waals surface area contributed by atoms with Gasteiger partial charge in [0.25, 0.3) is 0 Å². The van der Waals surface area contributed by atoms with Crippen molar-refractivity contribution in [3.63, 3.8) is 0 Å². The second kappa shape index (κ2) is 6.52. The van der Waals surface area contributed by atoms with E-state index in [9.17, 15) is 4.79 Å². The molecule has 1 aromatic carbocycles. The number of nitrogens with zero attached hydrogens (tertiary/aromatic N) is 2. The Kier molecular flexibility index (Phi) is 4.74.